The van der Waals surface area contributed by atoms with Crippen LogP contribution in [-0.2, 0) is 4.74 Å². The van der Waals surface area contributed by atoms with Crippen LogP contribution in [0.1, 0.15) is 25.5 Å². The van der Waals surface area contributed by atoms with Crippen molar-refractivity contribution < 1.29 is 14.2 Å². The molecule has 5 heteroatoms. The smallest absolute Gasteiger partial charge is 0.127 e. The van der Waals surface area contributed by atoms with Crippen LogP contribution in [0.5, 0.6) is 11.5 Å². The lowest BCUT2D eigenvalue weighted by Crippen LogP contribution is -2.34. The molecule has 1 aromatic carbocycles. The number of benzene rings is 1. The molecule has 0 amide bonds. The molecule has 0 aliphatic heterocycles. The molecule has 1 aromatic rings. The summed E-state index contributed by atoms with van der Waals surface area (Å²) in [5, 5.41) is 0. The van der Waals surface area contributed by atoms with E-state index in [2.05, 4.69) is 11.8 Å². The zero-order valence-corrected chi connectivity index (χ0v) is 13.6. The van der Waals surface area contributed by atoms with Crippen LogP contribution in [0.25, 0.3) is 0 Å². The van der Waals surface area contributed by atoms with Crippen molar-refractivity contribution in [1.29, 1.82) is 0 Å². The Morgan fingerprint density at radius 3 is 2.52 bits per heavy atom. The standard InChI is InChI=1S/C16H28N2O3/c1-5-18(9-10-21-6-2)12-15(17)14-8-7-13(19-3)11-16(14)20-4/h7-8,11,15H,5-6,9-10,12,17H2,1-4H3. The summed E-state index contributed by atoms with van der Waals surface area (Å²) in [6.45, 7) is 8.21. The van der Waals surface area contributed by atoms with E-state index >= 15 is 0 Å². The van der Waals surface area contributed by atoms with Crippen molar-refractivity contribution in [2.75, 3.05) is 47.1 Å². The Hall–Kier alpha value is -1.30. The zero-order chi connectivity index (χ0) is 15.7. The Morgan fingerprint density at radius 2 is 1.95 bits per heavy atom. The molecular formula is C16H28N2O3. The van der Waals surface area contributed by atoms with Gasteiger partial charge >= 0.3 is 0 Å². The van der Waals surface area contributed by atoms with E-state index < -0.39 is 0 Å². The lowest BCUT2D eigenvalue weighted by molar-refractivity contribution is 0.113. The monoisotopic (exact) mass is 296 g/mol. The predicted octanol–water partition coefficient (Wildman–Crippen LogP) is 2.06. The number of ether oxygens (including phenoxy) is 3. The molecule has 0 fully saturated rings. The van der Waals surface area contributed by atoms with Gasteiger partial charge in [-0.1, -0.05) is 13.0 Å². The molecule has 0 heterocycles. The highest BCUT2D eigenvalue weighted by Crippen LogP contribution is 2.28. The van der Waals surface area contributed by atoms with Crippen LogP contribution >= 0.6 is 0 Å². The summed E-state index contributed by atoms with van der Waals surface area (Å²) in [5.41, 5.74) is 7.33. The van der Waals surface area contributed by atoms with Crippen molar-refractivity contribution in [2.24, 2.45) is 5.73 Å². The third kappa shape index (κ3) is 5.53. The van der Waals surface area contributed by atoms with Crippen molar-refractivity contribution in [3.63, 3.8) is 0 Å². The fourth-order valence-corrected chi connectivity index (χ4v) is 2.22. The van der Waals surface area contributed by atoms with Crippen LogP contribution in [0.3, 0.4) is 0 Å². The largest absolute Gasteiger partial charge is 0.497 e. The molecule has 2 N–H and O–H groups in total. The van der Waals surface area contributed by atoms with Crippen LogP contribution in [0.4, 0.5) is 0 Å². The first kappa shape index (κ1) is 17.8. The zero-order valence-electron chi connectivity index (χ0n) is 13.6. The second kappa shape index (κ2) is 9.60. The maximum Gasteiger partial charge on any atom is 0.127 e. The van der Waals surface area contributed by atoms with Crippen molar-refractivity contribution in [3.05, 3.63) is 23.8 Å². The minimum atomic E-state index is -0.104. The van der Waals surface area contributed by atoms with E-state index in [-0.39, 0.29) is 6.04 Å². The molecule has 0 saturated heterocycles. The first-order chi connectivity index (χ1) is 10.2. The summed E-state index contributed by atoms with van der Waals surface area (Å²) in [6.07, 6.45) is 0. The maximum absolute atomic E-state index is 6.34. The van der Waals surface area contributed by atoms with Gasteiger partial charge < -0.3 is 19.9 Å². The first-order valence-electron chi connectivity index (χ1n) is 7.43. The molecule has 0 spiro atoms. The summed E-state index contributed by atoms with van der Waals surface area (Å²) in [5.74, 6) is 1.54. The van der Waals surface area contributed by atoms with Crippen LogP contribution in [0, 0.1) is 0 Å². The molecule has 120 valence electrons. The molecule has 21 heavy (non-hydrogen) atoms. The minimum absolute atomic E-state index is 0.104. The Balaban J connectivity index is 2.70. The fraction of sp³-hybridized carbons (Fsp3) is 0.625. The normalized spacial score (nSPS) is 12.5. The van der Waals surface area contributed by atoms with Crippen molar-refractivity contribution >= 4 is 0 Å². The number of nitrogens with two attached hydrogens (primary N) is 1. The van der Waals surface area contributed by atoms with E-state index in [1.807, 2.05) is 25.1 Å². The Kier molecular flexibility index (Phi) is 8.12. The maximum atomic E-state index is 6.34. The summed E-state index contributed by atoms with van der Waals surface area (Å²) >= 11 is 0. The molecule has 0 aliphatic carbocycles. The Morgan fingerprint density at radius 1 is 1.19 bits per heavy atom. The molecule has 1 atom stereocenters. The Labute approximate surface area is 128 Å². The van der Waals surface area contributed by atoms with Gasteiger partial charge in [-0.15, -0.1) is 0 Å². The van der Waals surface area contributed by atoms with E-state index in [9.17, 15) is 0 Å². The van der Waals surface area contributed by atoms with Gasteiger partial charge in [0.1, 0.15) is 11.5 Å². The summed E-state index contributed by atoms with van der Waals surface area (Å²) in [7, 11) is 3.29. The van der Waals surface area contributed by atoms with E-state index in [1.54, 1.807) is 14.2 Å². The molecule has 0 radical (unpaired) electrons. The van der Waals surface area contributed by atoms with Gasteiger partial charge in [-0.25, -0.2) is 0 Å². The summed E-state index contributed by atoms with van der Waals surface area (Å²) in [4.78, 5) is 2.28. The summed E-state index contributed by atoms with van der Waals surface area (Å²) < 4.78 is 16.0. The van der Waals surface area contributed by atoms with E-state index in [0.717, 1.165) is 49.9 Å². The highest BCUT2D eigenvalue weighted by atomic mass is 16.5. The molecule has 1 rings (SSSR count). The average Bonchev–Trinajstić information content (AvgIpc) is 2.53. The summed E-state index contributed by atoms with van der Waals surface area (Å²) in [6, 6.07) is 5.64. The van der Waals surface area contributed by atoms with Crippen LogP contribution in [0.15, 0.2) is 18.2 Å². The van der Waals surface area contributed by atoms with Gasteiger partial charge in [0.2, 0.25) is 0 Å². The topological polar surface area (TPSA) is 57.0 Å². The Bertz CT molecular complexity index is 413. The predicted molar refractivity (Wildman–Crippen MR) is 85.1 cm³/mol. The molecular weight excluding hydrogens is 268 g/mol. The highest BCUT2D eigenvalue weighted by Gasteiger charge is 2.16. The van der Waals surface area contributed by atoms with Gasteiger partial charge in [0.05, 0.1) is 20.8 Å². The molecule has 0 saturated carbocycles. The van der Waals surface area contributed by atoms with Crippen LogP contribution in [-0.4, -0.2) is 52.0 Å². The molecule has 5 nitrogen and oxygen atoms in total. The number of likely N-dealkylation sites (N-methyl/N-ethyl adjacent to an activating group) is 1. The SMILES string of the molecule is CCOCCN(CC)CC(N)c1ccc(OC)cc1OC. The van der Waals surface area contributed by atoms with E-state index in [4.69, 9.17) is 19.9 Å². The highest BCUT2D eigenvalue weighted by molar-refractivity contribution is 5.42. The molecule has 0 bridgehead atoms. The molecule has 0 aliphatic rings. The van der Waals surface area contributed by atoms with Gasteiger partial charge in [0.15, 0.2) is 0 Å². The number of nitrogens with zero attached hydrogens (tertiary/aromatic N) is 1. The average molecular weight is 296 g/mol. The molecule has 1 unspecified atom stereocenters. The van der Waals surface area contributed by atoms with Crippen molar-refractivity contribution in [3.8, 4) is 11.5 Å². The van der Waals surface area contributed by atoms with Gasteiger partial charge in [-0.05, 0) is 19.5 Å². The third-order valence-electron chi connectivity index (χ3n) is 3.50. The number of rotatable bonds is 10. The van der Waals surface area contributed by atoms with Crippen LogP contribution in [0.2, 0.25) is 0 Å². The van der Waals surface area contributed by atoms with Crippen molar-refractivity contribution in [2.45, 2.75) is 19.9 Å². The quantitative estimate of drug-likeness (QED) is 0.670. The molecule has 0 aromatic heterocycles. The minimum Gasteiger partial charge on any atom is -0.497 e. The lowest BCUT2D eigenvalue weighted by atomic mass is 10.1. The third-order valence-corrected chi connectivity index (χ3v) is 3.50. The number of hydrogen-bond donors (Lipinski definition) is 1. The van der Waals surface area contributed by atoms with E-state index in [1.165, 1.54) is 0 Å². The van der Waals surface area contributed by atoms with Crippen molar-refractivity contribution in [1.82, 2.24) is 4.90 Å². The lowest BCUT2D eigenvalue weighted by Gasteiger charge is -2.25. The van der Waals surface area contributed by atoms with Crippen LogP contribution < -0.4 is 15.2 Å². The van der Waals surface area contributed by atoms with E-state index in [0.29, 0.717) is 0 Å². The van der Waals surface area contributed by atoms with Gasteiger partial charge in [-0.3, -0.25) is 4.90 Å². The second-order valence-corrected chi connectivity index (χ2v) is 4.80. The second-order valence-electron chi connectivity index (χ2n) is 4.80. The van der Waals surface area contributed by atoms with Gasteiger partial charge in [0, 0.05) is 37.4 Å². The number of hydrogen-bond acceptors (Lipinski definition) is 5. The number of methoxy groups -OCH3 is 2. The van der Waals surface area contributed by atoms with Gasteiger partial charge in [-0.2, -0.15) is 0 Å². The first-order valence-corrected chi connectivity index (χ1v) is 7.43. The fourth-order valence-electron chi connectivity index (χ4n) is 2.22. The van der Waals surface area contributed by atoms with Gasteiger partial charge in [0.25, 0.3) is 0 Å².